The SMILES string of the molecule is CCC(CC)(CO)NC(=O)Cc1cc(=O)[nH]c(=O)[nH]1. The van der Waals surface area contributed by atoms with Gasteiger partial charge in [-0.3, -0.25) is 14.6 Å². The average molecular weight is 269 g/mol. The number of H-pyrrole nitrogens is 2. The van der Waals surface area contributed by atoms with Gasteiger partial charge < -0.3 is 15.4 Å². The van der Waals surface area contributed by atoms with Crippen molar-refractivity contribution < 1.29 is 9.90 Å². The third-order valence-corrected chi connectivity index (χ3v) is 3.23. The molecule has 1 aromatic rings. The summed E-state index contributed by atoms with van der Waals surface area (Å²) in [6.45, 7) is 3.59. The number of aromatic amines is 2. The van der Waals surface area contributed by atoms with E-state index in [4.69, 9.17) is 0 Å². The standard InChI is InChI=1S/C12H19N3O4/c1-3-12(4-2,7-16)15-10(18)6-8-5-9(17)14-11(19)13-8/h5,16H,3-4,6-7H2,1-2H3,(H,15,18)(H2,13,14,17,19). The van der Waals surface area contributed by atoms with Crippen molar-refractivity contribution in [3.8, 4) is 0 Å². The summed E-state index contributed by atoms with van der Waals surface area (Å²) in [6, 6.07) is 1.17. The lowest BCUT2D eigenvalue weighted by molar-refractivity contribution is -0.123. The molecule has 0 unspecified atom stereocenters. The number of carbonyl (C=O) groups excluding carboxylic acids is 1. The van der Waals surface area contributed by atoms with Gasteiger partial charge in [-0.15, -0.1) is 0 Å². The van der Waals surface area contributed by atoms with E-state index in [0.29, 0.717) is 12.8 Å². The lowest BCUT2D eigenvalue weighted by Gasteiger charge is -2.30. The van der Waals surface area contributed by atoms with Crippen molar-refractivity contribution in [1.82, 2.24) is 15.3 Å². The van der Waals surface area contributed by atoms with Crippen molar-refractivity contribution in [2.45, 2.75) is 38.6 Å². The average Bonchev–Trinajstić information content (AvgIpc) is 2.35. The highest BCUT2D eigenvalue weighted by Crippen LogP contribution is 2.14. The highest BCUT2D eigenvalue weighted by atomic mass is 16.3. The Kier molecular flexibility index (Phi) is 5.05. The van der Waals surface area contributed by atoms with Crippen molar-refractivity contribution >= 4 is 5.91 Å². The Labute approximate surface area is 110 Å². The molecule has 0 aliphatic heterocycles. The predicted molar refractivity (Wildman–Crippen MR) is 69.9 cm³/mol. The van der Waals surface area contributed by atoms with Crippen molar-refractivity contribution in [2.75, 3.05) is 6.61 Å². The van der Waals surface area contributed by atoms with Crippen LogP contribution in [-0.4, -0.2) is 33.1 Å². The molecular formula is C12H19N3O4. The normalized spacial score (nSPS) is 11.3. The van der Waals surface area contributed by atoms with E-state index in [0.717, 1.165) is 0 Å². The molecule has 19 heavy (non-hydrogen) atoms. The first-order chi connectivity index (χ1) is 8.94. The number of hydrogen-bond donors (Lipinski definition) is 4. The van der Waals surface area contributed by atoms with Crippen LogP contribution in [0.2, 0.25) is 0 Å². The third-order valence-electron chi connectivity index (χ3n) is 3.23. The van der Waals surface area contributed by atoms with E-state index in [1.807, 2.05) is 18.8 Å². The topological polar surface area (TPSA) is 115 Å². The van der Waals surface area contributed by atoms with Gasteiger partial charge in [0.2, 0.25) is 5.91 Å². The number of rotatable bonds is 6. The van der Waals surface area contributed by atoms with Gasteiger partial charge in [0.15, 0.2) is 0 Å². The molecule has 1 rings (SSSR count). The number of nitrogens with one attached hydrogen (secondary N) is 3. The Hall–Kier alpha value is -1.89. The molecule has 0 saturated carbocycles. The highest BCUT2D eigenvalue weighted by Gasteiger charge is 2.27. The zero-order valence-electron chi connectivity index (χ0n) is 11.1. The van der Waals surface area contributed by atoms with E-state index in [9.17, 15) is 19.5 Å². The molecule has 0 bridgehead atoms. The first kappa shape index (κ1) is 15.2. The molecule has 0 atom stereocenters. The van der Waals surface area contributed by atoms with E-state index in [1.54, 1.807) is 0 Å². The molecule has 0 aliphatic rings. The fourth-order valence-electron chi connectivity index (χ4n) is 1.82. The lowest BCUT2D eigenvalue weighted by atomic mass is 9.93. The fourth-order valence-corrected chi connectivity index (χ4v) is 1.82. The van der Waals surface area contributed by atoms with Crippen LogP contribution in [0.1, 0.15) is 32.4 Å². The first-order valence-corrected chi connectivity index (χ1v) is 6.19. The van der Waals surface area contributed by atoms with Crippen LogP contribution in [0.15, 0.2) is 15.7 Å². The van der Waals surface area contributed by atoms with Crippen LogP contribution < -0.4 is 16.6 Å². The van der Waals surface area contributed by atoms with Crippen LogP contribution in [-0.2, 0) is 11.2 Å². The summed E-state index contributed by atoms with van der Waals surface area (Å²) in [5, 5.41) is 12.1. The smallest absolute Gasteiger partial charge is 0.325 e. The Morgan fingerprint density at radius 1 is 1.32 bits per heavy atom. The summed E-state index contributed by atoms with van der Waals surface area (Å²) in [5.74, 6) is -0.348. The molecule has 0 saturated heterocycles. The number of aromatic nitrogens is 2. The minimum Gasteiger partial charge on any atom is -0.394 e. The van der Waals surface area contributed by atoms with Crippen molar-refractivity contribution in [3.63, 3.8) is 0 Å². The van der Waals surface area contributed by atoms with E-state index in [-0.39, 0.29) is 24.6 Å². The molecule has 0 radical (unpaired) electrons. The van der Waals surface area contributed by atoms with Crippen molar-refractivity contribution in [3.05, 3.63) is 32.6 Å². The van der Waals surface area contributed by atoms with Gasteiger partial charge in [-0.1, -0.05) is 13.8 Å². The summed E-state index contributed by atoms with van der Waals surface area (Å²) >= 11 is 0. The van der Waals surface area contributed by atoms with Gasteiger partial charge in [0.05, 0.1) is 18.6 Å². The third kappa shape index (κ3) is 4.06. The summed E-state index contributed by atoms with van der Waals surface area (Å²) in [7, 11) is 0. The molecule has 0 spiro atoms. The zero-order chi connectivity index (χ0) is 14.5. The molecule has 1 aromatic heterocycles. The number of aliphatic hydroxyl groups excluding tert-OH is 1. The second-order valence-corrected chi connectivity index (χ2v) is 4.48. The second-order valence-electron chi connectivity index (χ2n) is 4.48. The van der Waals surface area contributed by atoms with E-state index >= 15 is 0 Å². The van der Waals surface area contributed by atoms with E-state index < -0.39 is 16.8 Å². The molecule has 1 amide bonds. The Bertz CT molecular complexity index is 506. The molecule has 0 aromatic carbocycles. The van der Waals surface area contributed by atoms with Gasteiger partial charge in [0.1, 0.15) is 0 Å². The van der Waals surface area contributed by atoms with Crippen LogP contribution in [0.3, 0.4) is 0 Å². The van der Waals surface area contributed by atoms with Gasteiger partial charge >= 0.3 is 5.69 Å². The van der Waals surface area contributed by atoms with Gasteiger partial charge in [0.25, 0.3) is 5.56 Å². The summed E-state index contributed by atoms with van der Waals surface area (Å²) < 4.78 is 0. The quantitative estimate of drug-likeness (QED) is 0.545. The lowest BCUT2D eigenvalue weighted by Crippen LogP contribution is -2.51. The maximum Gasteiger partial charge on any atom is 0.325 e. The summed E-state index contributed by atoms with van der Waals surface area (Å²) in [6.07, 6.45) is 1.08. The van der Waals surface area contributed by atoms with Crippen molar-refractivity contribution in [1.29, 1.82) is 0 Å². The predicted octanol–water partition coefficient (Wildman–Crippen LogP) is -0.727. The molecule has 1 heterocycles. The van der Waals surface area contributed by atoms with Gasteiger partial charge in [-0.2, -0.15) is 0 Å². The highest BCUT2D eigenvalue weighted by molar-refractivity contribution is 5.78. The Morgan fingerprint density at radius 2 is 1.95 bits per heavy atom. The van der Waals surface area contributed by atoms with Crippen molar-refractivity contribution in [2.24, 2.45) is 0 Å². The summed E-state index contributed by atoms with van der Waals surface area (Å²) in [5.41, 5.74) is -1.61. The van der Waals surface area contributed by atoms with Crippen LogP contribution in [0.25, 0.3) is 0 Å². The minimum absolute atomic E-state index is 0.110. The molecular weight excluding hydrogens is 250 g/mol. The van der Waals surface area contributed by atoms with E-state index in [1.165, 1.54) is 6.07 Å². The first-order valence-electron chi connectivity index (χ1n) is 6.19. The second kappa shape index (κ2) is 6.33. The van der Waals surface area contributed by atoms with E-state index in [2.05, 4.69) is 10.3 Å². The number of carbonyl (C=O) groups is 1. The fraction of sp³-hybridized carbons (Fsp3) is 0.583. The molecule has 4 N–H and O–H groups in total. The van der Waals surface area contributed by atoms with Crippen LogP contribution in [0, 0.1) is 0 Å². The maximum absolute atomic E-state index is 11.9. The molecule has 7 nitrogen and oxygen atoms in total. The minimum atomic E-state index is -0.654. The number of aliphatic hydroxyl groups is 1. The Balaban J connectivity index is 2.80. The molecule has 0 fully saturated rings. The molecule has 106 valence electrons. The van der Waals surface area contributed by atoms with Crippen LogP contribution in [0.5, 0.6) is 0 Å². The molecule has 0 aliphatic carbocycles. The number of amides is 1. The van der Waals surface area contributed by atoms with Gasteiger partial charge in [-0.05, 0) is 12.8 Å². The van der Waals surface area contributed by atoms with Crippen LogP contribution >= 0.6 is 0 Å². The van der Waals surface area contributed by atoms with Gasteiger partial charge in [0, 0.05) is 11.8 Å². The maximum atomic E-state index is 11.9. The largest absolute Gasteiger partial charge is 0.394 e. The summed E-state index contributed by atoms with van der Waals surface area (Å²) in [4.78, 5) is 38.4. The van der Waals surface area contributed by atoms with Crippen LogP contribution in [0.4, 0.5) is 0 Å². The Morgan fingerprint density at radius 3 is 2.42 bits per heavy atom. The monoisotopic (exact) mass is 269 g/mol. The number of hydrogen-bond acceptors (Lipinski definition) is 4. The molecule has 7 heteroatoms. The van der Waals surface area contributed by atoms with Gasteiger partial charge in [-0.25, -0.2) is 4.79 Å². The zero-order valence-corrected chi connectivity index (χ0v) is 11.1.